The van der Waals surface area contributed by atoms with Crippen molar-refractivity contribution in [3.63, 3.8) is 0 Å². The number of aromatic nitrogens is 1. The number of pyridine rings is 1. The molecule has 0 aliphatic carbocycles. The Morgan fingerprint density at radius 1 is 1.13 bits per heavy atom. The van der Waals surface area contributed by atoms with Gasteiger partial charge in [-0.2, -0.15) is 0 Å². The topological polar surface area (TPSA) is 70.5 Å². The Bertz CT molecular complexity index is 688. The van der Waals surface area contributed by atoms with Gasteiger partial charge in [0.1, 0.15) is 0 Å². The SMILES string of the molecule is O=C(O)[C@@H]1CN(C(=O)Cc2cccnc2)C[C@H]1c1ccccc1. The molecule has 1 aromatic carbocycles. The number of benzene rings is 1. The first-order valence-corrected chi connectivity index (χ1v) is 7.59. The van der Waals surface area contributed by atoms with Crippen LogP contribution in [-0.4, -0.2) is 40.0 Å². The first kappa shape index (κ1) is 15.2. The third kappa shape index (κ3) is 3.39. The number of carboxylic acid groups (broad SMARTS) is 1. The molecule has 1 saturated heterocycles. The van der Waals surface area contributed by atoms with Gasteiger partial charge in [0.15, 0.2) is 0 Å². The third-order valence-electron chi connectivity index (χ3n) is 4.30. The van der Waals surface area contributed by atoms with Crippen LogP contribution in [0.2, 0.25) is 0 Å². The quantitative estimate of drug-likeness (QED) is 0.937. The summed E-state index contributed by atoms with van der Waals surface area (Å²) in [6, 6.07) is 13.2. The normalized spacial score (nSPS) is 20.4. The van der Waals surface area contributed by atoms with Crippen LogP contribution in [0.15, 0.2) is 54.9 Å². The Balaban J connectivity index is 1.75. The predicted octanol–water partition coefficient (Wildman–Crippen LogP) is 1.95. The second kappa shape index (κ2) is 6.60. The van der Waals surface area contributed by atoms with Crippen molar-refractivity contribution in [2.75, 3.05) is 13.1 Å². The lowest BCUT2D eigenvalue weighted by Crippen LogP contribution is -2.31. The highest BCUT2D eigenvalue weighted by Gasteiger charge is 2.40. The number of carboxylic acids is 1. The molecular formula is C18H18N2O3. The molecule has 1 aliphatic heterocycles. The minimum absolute atomic E-state index is 0.0531. The molecule has 0 bridgehead atoms. The van der Waals surface area contributed by atoms with Crippen molar-refractivity contribution in [3.05, 3.63) is 66.0 Å². The van der Waals surface area contributed by atoms with Crippen LogP contribution in [-0.2, 0) is 16.0 Å². The molecule has 0 radical (unpaired) electrons. The maximum atomic E-state index is 12.5. The molecule has 0 spiro atoms. The maximum Gasteiger partial charge on any atom is 0.308 e. The molecule has 1 N–H and O–H groups in total. The van der Waals surface area contributed by atoms with Crippen molar-refractivity contribution in [1.29, 1.82) is 0 Å². The van der Waals surface area contributed by atoms with Gasteiger partial charge >= 0.3 is 5.97 Å². The molecule has 0 unspecified atom stereocenters. The summed E-state index contributed by atoms with van der Waals surface area (Å²) >= 11 is 0. The largest absolute Gasteiger partial charge is 0.481 e. The summed E-state index contributed by atoms with van der Waals surface area (Å²) in [6.45, 7) is 0.702. The number of hydrogen-bond acceptors (Lipinski definition) is 3. The van der Waals surface area contributed by atoms with E-state index in [0.29, 0.717) is 6.54 Å². The third-order valence-corrected chi connectivity index (χ3v) is 4.30. The van der Waals surface area contributed by atoms with Gasteiger partial charge in [-0.05, 0) is 17.2 Å². The number of likely N-dealkylation sites (tertiary alicyclic amines) is 1. The van der Waals surface area contributed by atoms with Gasteiger partial charge in [-0.3, -0.25) is 14.6 Å². The van der Waals surface area contributed by atoms with E-state index in [1.165, 1.54) is 0 Å². The fraction of sp³-hybridized carbons (Fsp3) is 0.278. The lowest BCUT2D eigenvalue weighted by molar-refractivity contribution is -0.141. The molecule has 5 heteroatoms. The van der Waals surface area contributed by atoms with Crippen molar-refractivity contribution in [1.82, 2.24) is 9.88 Å². The Morgan fingerprint density at radius 2 is 1.91 bits per heavy atom. The van der Waals surface area contributed by atoms with E-state index in [-0.39, 0.29) is 24.8 Å². The average Bonchev–Trinajstić information content (AvgIpc) is 3.02. The van der Waals surface area contributed by atoms with E-state index >= 15 is 0 Å². The molecule has 118 valence electrons. The number of aliphatic carboxylic acids is 1. The highest BCUT2D eigenvalue weighted by atomic mass is 16.4. The van der Waals surface area contributed by atoms with Crippen LogP contribution in [0.5, 0.6) is 0 Å². The van der Waals surface area contributed by atoms with Gasteiger partial charge in [-0.25, -0.2) is 0 Å². The summed E-state index contributed by atoms with van der Waals surface area (Å²) in [5.74, 6) is -1.62. The van der Waals surface area contributed by atoms with Gasteiger partial charge in [0.05, 0.1) is 12.3 Å². The monoisotopic (exact) mass is 310 g/mol. The van der Waals surface area contributed by atoms with Crippen molar-refractivity contribution in [2.24, 2.45) is 5.92 Å². The van der Waals surface area contributed by atoms with Crippen molar-refractivity contribution < 1.29 is 14.7 Å². The highest BCUT2D eigenvalue weighted by molar-refractivity contribution is 5.81. The van der Waals surface area contributed by atoms with Gasteiger partial charge in [0.25, 0.3) is 0 Å². The summed E-state index contributed by atoms with van der Waals surface area (Å²) in [5.41, 5.74) is 1.81. The summed E-state index contributed by atoms with van der Waals surface area (Å²) in [5, 5.41) is 9.49. The van der Waals surface area contributed by atoms with Gasteiger partial charge in [-0.15, -0.1) is 0 Å². The predicted molar refractivity (Wildman–Crippen MR) is 84.8 cm³/mol. The van der Waals surface area contributed by atoms with E-state index < -0.39 is 11.9 Å². The van der Waals surface area contributed by atoms with Crippen molar-refractivity contribution >= 4 is 11.9 Å². The van der Waals surface area contributed by atoms with Crippen LogP contribution in [0.4, 0.5) is 0 Å². The van der Waals surface area contributed by atoms with Gasteiger partial charge < -0.3 is 10.0 Å². The van der Waals surface area contributed by atoms with Crippen LogP contribution >= 0.6 is 0 Å². The zero-order valence-corrected chi connectivity index (χ0v) is 12.6. The number of amides is 1. The summed E-state index contributed by atoms with van der Waals surface area (Å²) in [7, 11) is 0. The molecule has 1 amide bonds. The molecule has 1 fully saturated rings. The van der Waals surface area contributed by atoms with E-state index in [4.69, 9.17) is 0 Å². The Morgan fingerprint density at radius 3 is 2.57 bits per heavy atom. The molecular weight excluding hydrogens is 292 g/mol. The first-order valence-electron chi connectivity index (χ1n) is 7.59. The van der Waals surface area contributed by atoms with Crippen LogP contribution in [0.25, 0.3) is 0 Å². The standard InChI is InChI=1S/C18H18N2O3/c21-17(9-13-5-4-8-19-10-13)20-11-15(16(12-20)18(22)23)14-6-2-1-3-7-14/h1-8,10,15-16H,9,11-12H2,(H,22,23)/t15-,16+/m0/s1. The molecule has 2 heterocycles. The van der Waals surface area contributed by atoms with Crippen molar-refractivity contribution in [2.45, 2.75) is 12.3 Å². The smallest absolute Gasteiger partial charge is 0.308 e. The molecule has 1 aromatic heterocycles. The first-order chi connectivity index (χ1) is 11.1. The van der Waals surface area contributed by atoms with E-state index in [2.05, 4.69) is 4.98 Å². The fourth-order valence-corrected chi connectivity index (χ4v) is 3.08. The molecule has 3 rings (SSSR count). The van der Waals surface area contributed by atoms with Crippen LogP contribution in [0.3, 0.4) is 0 Å². The van der Waals surface area contributed by atoms with Crippen LogP contribution in [0, 0.1) is 5.92 Å². The minimum atomic E-state index is -0.851. The van der Waals surface area contributed by atoms with E-state index in [1.54, 1.807) is 23.4 Å². The number of hydrogen-bond donors (Lipinski definition) is 1. The van der Waals surface area contributed by atoms with Crippen molar-refractivity contribution in [3.8, 4) is 0 Å². The minimum Gasteiger partial charge on any atom is -0.481 e. The second-order valence-electron chi connectivity index (χ2n) is 5.80. The average molecular weight is 310 g/mol. The second-order valence-corrected chi connectivity index (χ2v) is 5.80. The van der Waals surface area contributed by atoms with Crippen LogP contribution in [0.1, 0.15) is 17.0 Å². The fourth-order valence-electron chi connectivity index (χ4n) is 3.08. The van der Waals surface area contributed by atoms with Crippen LogP contribution < -0.4 is 0 Å². The molecule has 23 heavy (non-hydrogen) atoms. The van der Waals surface area contributed by atoms with Gasteiger partial charge in [0, 0.05) is 31.4 Å². The molecule has 2 atom stereocenters. The summed E-state index contributed by atoms with van der Waals surface area (Å²) in [6.07, 6.45) is 3.58. The van der Waals surface area contributed by atoms with E-state index in [9.17, 15) is 14.7 Å². The molecule has 5 nitrogen and oxygen atoms in total. The summed E-state index contributed by atoms with van der Waals surface area (Å²) in [4.78, 5) is 29.7. The zero-order valence-electron chi connectivity index (χ0n) is 12.6. The van der Waals surface area contributed by atoms with Gasteiger partial charge in [0.2, 0.25) is 5.91 Å². The summed E-state index contributed by atoms with van der Waals surface area (Å²) < 4.78 is 0. The molecule has 0 saturated carbocycles. The number of rotatable bonds is 4. The highest BCUT2D eigenvalue weighted by Crippen LogP contribution is 2.33. The Hall–Kier alpha value is -2.69. The maximum absolute atomic E-state index is 12.5. The Kier molecular flexibility index (Phi) is 4.37. The lowest BCUT2D eigenvalue weighted by Gasteiger charge is -2.16. The number of carbonyl (C=O) groups is 2. The van der Waals surface area contributed by atoms with E-state index in [1.807, 2.05) is 36.4 Å². The molecule has 2 aromatic rings. The van der Waals surface area contributed by atoms with Gasteiger partial charge in [-0.1, -0.05) is 36.4 Å². The lowest BCUT2D eigenvalue weighted by atomic mass is 9.89. The number of carbonyl (C=O) groups excluding carboxylic acids is 1. The van der Waals surface area contributed by atoms with E-state index in [0.717, 1.165) is 11.1 Å². The number of nitrogens with zero attached hydrogens (tertiary/aromatic N) is 2. The zero-order chi connectivity index (χ0) is 16.2. The Labute approximate surface area is 134 Å². The molecule has 1 aliphatic rings.